The van der Waals surface area contributed by atoms with Gasteiger partial charge in [0.05, 0.1) is 22.2 Å². The van der Waals surface area contributed by atoms with E-state index in [4.69, 9.17) is 0 Å². The van der Waals surface area contributed by atoms with Crippen molar-refractivity contribution in [3.05, 3.63) is 24.8 Å². The van der Waals surface area contributed by atoms with Gasteiger partial charge in [-0.1, -0.05) is 6.42 Å². The number of phenols is 1. The highest BCUT2D eigenvalue weighted by molar-refractivity contribution is 14.1. The number of aromatic hydroxyl groups is 1. The Bertz CT molecular complexity index is 401. The van der Waals surface area contributed by atoms with E-state index in [2.05, 4.69) is 51.2 Å². The van der Waals surface area contributed by atoms with Crippen LogP contribution in [0.2, 0.25) is 0 Å². The van der Waals surface area contributed by atoms with Crippen LogP contribution in [-0.2, 0) is 6.54 Å². The van der Waals surface area contributed by atoms with Crippen LogP contribution in [0.3, 0.4) is 0 Å². The maximum Gasteiger partial charge on any atom is 0.137 e. The van der Waals surface area contributed by atoms with Gasteiger partial charge in [0, 0.05) is 3.57 Å². The zero-order chi connectivity index (χ0) is 13.0. The average Bonchev–Trinajstić information content (AvgIpc) is 2.28. The van der Waals surface area contributed by atoms with Crippen molar-refractivity contribution in [2.24, 2.45) is 0 Å². The molecule has 0 aliphatic carbocycles. The molecular weight excluding hydrogens is 452 g/mol. The molecule has 0 bridgehead atoms. The molecule has 1 saturated heterocycles. The number of phenolic OH excluding ortho intramolecular Hbond substituents is 1. The number of benzene rings is 1. The van der Waals surface area contributed by atoms with E-state index in [-0.39, 0.29) is 0 Å². The summed E-state index contributed by atoms with van der Waals surface area (Å²) in [6, 6.07) is 4.16. The third kappa shape index (κ3) is 4.23. The minimum Gasteiger partial charge on any atom is -0.506 e. The standard InChI is InChI=1S/C14H19I2NO/c15-12-8-11(14(18)13(16)9-12)10-17-6-4-2-1-3-5-7-17/h8-9,18H,1-7,10H2/p+1. The van der Waals surface area contributed by atoms with Gasteiger partial charge in [-0.2, -0.15) is 0 Å². The van der Waals surface area contributed by atoms with Crippen molar-refractivity contribution in [2.75, 3.05) is 13.1 Å². The molecule has 100 valence electrons. The van der Waals surface area contributed by atoms with Crippen LogP contribution in [0, 0.1) is 7.14 Å². The minimum absolute atomic E-state index is 0.491. The highest BCUT2D eigenvalue weighted by Crippen LogP contribution is 2.26. The third-order valence-electron chi connectivity index (χ3n) is 3.61. The molecule has 1 aromatic rings. The van der Waals surface area contributed by atoms with E-state index in [0.29, 0.717) is 5.75 Å². The zero-order valence-corrected chi connectivity index (χ0v) is 14.8. The van der Waals surface area contributed by atoms with E-state index >= 15 is 0 Å². The van der Waals surface area contributed by atoms with Crippen LogP contribution in [0.15, 0.2) is 12.1 Å². The molecule has 1 aliphatic heterocycles. The minimum atomic E-state index is 0.491. The van der Waals surface area contributed by atoms with Crippen LogP contribution in [-0.4, -0.2) is 18.2 Å². The summed E-state index contributed by atoms with van der Waals surface area (Å²) >= 11 is 4.55. The van der Waals surface area contributed by atoms with Crippen LogP contribution in [0.1, 0.15) is 37.7 Å². The molecule has 18 heavy (non-hydrogen) atoms. The molecule has 4 heteroatoms. The molecule has 1 heterocycles. The van der Waals surface area contributed by atoms with Crippen molar-refractivity contribution in [1.82, 2.24) is 0 Å². The number of likely N-dealkylation sites (tertiary alicyclic amines) is 1. The molecule has 2 nitrogen and oxygen atoms in total. The molecular formula is C14H20I2NO+. The Labute approximate surface area is 136 Å². The molecule has 0 radical (unpaired) electrons. The number of rotatable bonds is 2. The topological polar surface area (TPSA) is 24.7 Å². The van der Waals surface area contributed by atoms with E-state index in [9.17, 15) is 5.11 Å². The molecule has 2 rings (SSSR count). The second-order valence-electron chi connectivity index (χ2n) is 5.09. The maximum atomic E-state index is 10.2. The first-order valence-electron chi connectivity index (χ1n) is 6.67. The first-order chi connectivity index (χ1) is 8.66. The van der Waals surface area contributed by atoms with Gasteiger partial charge < -0.3 is 10.0 Å². The SMILES string of the molecule is Oc1c(I)cc(I)cc1C[NH+]1CCCCCCC1. The van der Waals surface area contributed by atoms with Crippen molar-refractivity contribution in [3.63, 3.8) is 0 Å². The second kappa shape index (κ2) is 7.28. The Morgan fingerprint density at radius 2 is 1.61 bits per heavy atom. The Morgan fingerprint density at radius 3 is 2.28 bits per heavy atom. The van der Waals surface area contributed by atoms with Crippen molar-refractivity contribution >= 4 is 45.2 Å². The number of hydrogen-bond donors (Lipinski definition) is 2. The first kappa shape index (κ1) is 14.8. The highest BCUT2D eigenvalue weighted by Gasteiger charge is 2.16. The van der Waals surface area contributed by atoms with Crippen molar-refractivity contribution in [2.45, 2.75) is 38.6 Å². The average molecular weight is 472 g/mol. The van der Waals surface area contributed by atoms with Crippen molar-refractivity contribution in [3.8, 4) is 5.75 Å². The fourth-order valence-corrected chi connectivity index (χ4v) is 4.57. The number of halogens is 2. The molecule has 0 amide bonds. The summed E-state index contributed by atoms with van der Waals surface area (Å²) in [6.07, 6.45) is 6.81. The Morgan fingerprint density at radius 1 is 1.00 bits per heavy atom. The predicted molar refractivity (Wildman–Crippen MR) is 91.0 cm³/mol. The fourth-order valence-electron chi connectivity index (χ4n) is 2.61. The van der Waals surface area contributed by atoms with Crippen LogP contribution in [0.5, 0.6) is 5.75 Å². The van der Waals surface area contributed by atoms with Gasteiger partial charge >= 0.3 is 0 Å². The van der Waals surface area contributed by atoms with Gasteiger partial charge in [0.15, 0.2) is 0 Å². The molecule has 1 fully saturated rings. The van der Waals surface area contributed by atoms with Gasteiger partial charge in [0.1, 0.15) is 12.3 Å². The van der Waals surface area contributed by atoms with Gasteiger partial charge in [-0.25, -0.2) is 0 Å². The normalized spacial score (nSPS) is 18.3. The zero-order valence-electron chi connectivity index (χ0n) is 10.5. The predicted octanol–water partition coefficient (Wildman–Crippen LogP) is 2.95. The van der Waals surface area contributed by atoms with E-state index in [0.717, 1.165) is 15.7 Å². The largest absolute Gasteiger partial charge is 0.506 e. The number of quaternary nitrogens is 1. The summed E-state index contributed by atoms with van der Waals surface area (Å²) in [4.78, 5) is 1.63. The Kier molecular flexibility index (Phi) is 6.00. The van der Waals surface area contributed by atoms with Crippen LogP contribution < -0.4 is 4.90 Å². The molecule has 0 atom stereocenters. The molecule has 2 N–H and O–H groups in total. The van der Waals surface area contributed by atoms with Gasteiger partial charge in [0.25, 0.3) is 0 Å². The van der Waals surface area contributed by atoms with Gasteiger partial charge in [-0.05, 0) is 83.0 Å². The van der Waals surface area contributed by atoms with Crippen molar-refractivity contribution < 1.29 is 10.0 Å². The fraction of sp³-hybridized carbons (Fsp3) is 0.571. The molecule has 1 aromatic carbocycles. The first-order valence-corrected chi connectivity index (χ1v) is 8.83. The van der Waals surface area contributed by atoms with E-state index < -0.39 is 0 Å². The summed E-state index contributed by atoms with van der Waals surface area (Å²) < 4.78 is 2.19. The summed E-state index contributed by atoms with van der Waals surface area (Å²) in [7, 11) is 0. The van der Waals surface area contributed by atoms with Crippen LogP contribution in [0.25, 0.3) is 0 Å². The summed E-state index contributed by atoms with van der Waals surface area (Å²) in [5.74, 6) is 0.491. The number of nitrogens with one attached hydrogen (secondary N) is 1. The van der Waals surface area contributed by atoms with E-state index in [1.165, 1.54) is 48.8 Å². The highest BCUT2D eigenvalue weighted by atomic mass is 127. The molecule has 0 unspecified atom stereocenters. The quantitative estimate of drug-likeness (QED) is 0.637. The Balaban J connectivity index is 2.07. The third-order valence-corrected chi connectivity index (χ3v) is 5.05. The lowest BCUT2D eigenvalue weighted by Gasteiger charge is -2.22. The smallest absolute Gasteiger partial charge is 0.137 e. The molecule has 0 spiro atoms. The van der Waals surface area contributed by atoms with Crippen LogP contribution >= 0.6 is 45.2 Å². The summed E-state index contributed by atoms with van der Waals surface area (Å²) in [6.45, 7) is 3.47. The molecule has 0 aromatic heterocycles. The monoisotopic (exact) mass is 472 g/mol. The van der Waals surface area contributed by atoms with Gasteiger partial charge in [-0.15, -0.1) is 0 Å². The lowest BCUT2D eigenvalue weighted by Crippen LogP contribution is -3.10. The lowest BCUT2D eigenvalue weighted by molar-refractivity contribution is -0.914. The lowest BCUT2D eigenvalue weighted by atomic mass is 10.1. The molecule has 1 aliphatic rings. The second-order valence-corrected chi connectivity index (χ2v) is 7.50. The van der Waals surface area contributed by atoms with Crippen molar-refractivity contribution in [1.29, 1.82) is 0 Å². The molecule has 0 saturated carbocycles. The van der Waals surface area contributed by atoms with Crippen LogP contribution in [0.4, 0.5) is 0 Å². The number of hydrogen-bond acceptors (Lipinski definition) is 1. The van der Waals surface area contributed by atoms with Gasteiger partial charge in [0.2, 0.25) is 0 Å². The maximum absolute atomic E-state index is 10.2. The van der Waals surface area contributed by atoms with Gasteiger partial charge in [-0.3, -0.25) is 0 Å². The van der Waals surface area contributed by atoms with E-state index in [1.54, 1.807) is 4.90 Å². The Hall–Kier alpha value is 0.440. The summed E-state index contributed by atoms with van der Waals surface area (Å²) in [5.41, 5.74) is 1.11. The van der Waals surface area contributed by atoms with E-state index in [1.807, 2.05) is 6.07 Å². The summed E-state index contributed by atoms with van der Waals surface area (Å²) in [5, 5.41) is 10.2.